The van der Waals surface area contributed by atoms with Crippen LogP contribution in [0.2, 0.25) is 0 Å². The molecule has 0 amide bonds. The van der Waals surface area contributed by atoms with Crippen LogP contribution in [0.4, 0.5) is 0 Å². The summed E-state index contributed by atoms with van der Waals surface area (Å²) in [5.41, 5.74) is 10.8. The second-order valence-corrected chi connectivity index (χ2v) is 6.54. The molecule has 0 saturated carbocycles. The van der Waals surface area contributed by atoms with E-state index < -0.39 is 0 Å². The molecule has 1 aliphatic rings. The molecule has 0 aliphatic carbocycles. The average molecular weight is 331 g/mol. The minimum absolute atomic E-state index is 0.177. The molecule has 5 nitrogen and oxygen atoms in total. The molecule has 3 aromatic rings. The summed E-state index contributed by atoms with van der Waals surface area (Å²) in [5, 5.41) is 4.59. The zero-order valence-corrected chi connectivity index (χ0v) is 14.5. The molecule has 0 spiro atoms. The first-order valence-electron chi connectivity index (χ1n) is 8.56. The maximum absolute atomic E-state index is 4.59. The number of hydrogen-bond donors (Lipinski definition) is 2. The normalized spacial score (nSPS) is 17.0. The van der Waals surface area contributed by atoms with Crippen LogP contribution in [0.3, 0.4) is 0 Å². The van der Waals surface area contributed by atoms with Gasteiger partial charge < -0.3 is 10.4 Å². The summed E-state index contributed by atoms with van der Waals surface area (Å²) in [4.78, 5) is 12.3. The highest BCUT2D eigenvalue weighted by molar-refractivity contribution is 5.99. The Morgan fingerprint density at radius 1 is 0.920 bits per heavy atom. The molecule has 5 heteroatoms. The lowest BCUT2D eigenvalue weighted by molar-refractivity contribution is 0.493. The van der Waals surface area contributed by atoms with E-state index in [9.17, 15) is 0 Å². The number of nitrogens with zero attached hydrogens (tertiary/aromatic N) is 3. The van der Waals surface area contributed by atoms with E-state index in [0.717, 1.165) is 41.3 Å². The van der Waals surface area contributed by atoms with Crippen LogP contribution in [-0.2, 0) is 0 Å². The SMILES string of the molecule is Cc1ccnc(-c2ccc(C3=NNC(c4cc(C)ccn4)CC3)[nH]2)c1. The van der Waals surface area contributed by atoms with Crippen LogP contribution < -0.4 is 5.43 Å². The van der Waals surface area contributed by atoms with Crippen molar-refractivity contribution >= 4 is 5.71 Å². The summed E-state index contributed by atoms with van der Waals surface area (Å²) in [6, 6.07) is 12.5. The van der Waals surface area contributed by atoms with Crippen LogP contribution >= 0.6 is 0 Å². The summed E-state index contributed by atoms with van der Waals surface area (Å²) in [7, 11) is 0. The van der Waals surface area contributed by atoms with E-state index in [0.29, 0.717) is 0 Å². The van der Waals surface area contributed by atoms with Gasteiger partial charge in [0.2, 0.25) is 0 Å². The Balaban J connectivity index is 1.52. The number of H-pyrrole nitrogens is 1. The first kappa shape index (κ1) is 15.6. The molecule has 0 saturated heterocycles. The van der Waals surface area contributed by atoms with Crippen molar-refractivity contribution in [3.05, 3.63) is 71.3 Å². The van der Waals surface area contributed by atoms with Crippen LogP contribution in [0, 0.1) is 13.8 Å². The highest BCUT2D eigenvalue weighted by atomic mass is 15.3. The van der Waals surface area contributed by atoms with Gasteiger partial charge in [-0.2, -0.15) is 5.10 Å². The highest BCUT2D eigenvalue weighted by Gasteiger charge is 2.20. The third kappa shape index (κ3) is 3.31. The van der Waals surface area contributed by atoms with E-state index in [1.54, 1.807) is 0 Å². The van der Waals surface area contributed by atoms with Crippen LogP contribution in [0.15, 0.2) is 53.9 Å². The van der Waals surface area contributed by atoms with Gasteiger partial charge in [0.15, 0.2) is 0 Å². The van der Waals surface area contributed by atoms with Gasteiger partial charge in [-0.3, -0.25) is 9.97 Å². The average Bonchev–Trinajstić information content (AvgIpc) is 3.12. The second-order valence-electron chi connectivity index (χ2n) is 6.54. The van der Waals surface area contributed by atoms with E-state index in [1.807, 2.05) is 24.5 Å². The zero-order valence-electron chi connectivity index (χ0n) is 14.5. The maximum atomic E-state index is 4.59. The fourth-order valence-corrected chi connectivity index (χ4v) is 3.11. The molecular weight excluding hydrogens is 310 g/mol. The van der Waals surface area contributed by atoms with Gasteiger partial charge in [0, 0.05) is 12.4 Å². The molecule has 0 fully saturated rings. The van der Waals surface area contributed by atoms with Crippen molar-refractivity contribution in [2.75, 3.05) is 0 Å². The number of aryl methyl sites for hydroxylation is 2. The summed E-state index contributed by atoms with van der Waals surface area (Å²) in [5.74, 6) is 0. The van der Waals surface area contributed by atoms with Gasteiger partial charge in [-0.1, -0.05) is 0 Å². The lowest BCUT2D eigenvalue weighted by Gasteiger charge is -2.22. The molecule has 0 bridgehead atoms. The molecule has 126 valence electrons. The maximum Gasteiger partial charge on any atom is 0.0867 e. The van der Waals surface area contributed by atoms with Gasteiger partial charge in [0.1, 0.15) is 0 Å². The lowest BCUT2D eigenvalue weighted by atomic mass is 10.0. The second kappa shape index (κ2) is 6.51. The Bertz CT molecular complexity index is 925. The van der Waals surface area contributed by atoms with E-state index in [-0.39, 0.29) is 6.04 Å². The third-order valence-corrected chi connectivity index (χ3v) is 4.51. The van der Waals surface area contributed by atoms with Crippen LogP contribution in [-0.4, -0.2) is 20.7 Å². The Labute approximate surface area is 147 Å². The minimum Gasteiger partial charge on any atom is -0.352 e. The predicted octanol–water partition coefficient (Wildman–Crippen LogP) is 3.92. The first-order chi connectivity index (χ1) is 12.2. The number of pyridine rings is 2. The molecule has 0 radical (unpaired) electrons. The molecule has 2 N–H and O–H groups in total. The van der Waals surface area contributed by atoms with Crippen LogP contribution in [0.25, 0.3) is 11.4 Å². The van der Waals surface area contributed by atoms with Crippen molar-refractivity contribution < 1.29 is 0 Å². The van der Waals surface area contributed by atoms with E-state index in [4.69, 9.17) is 0 Å². The molecule has 1 unspecified atom stereocenters. The molecule has 0 aromatic carbocycles. The van der Waals surface area contributed by atoms with Crippen molar-refractivity contribution in [2.24, 2.45) is 5.10 Å². The Morgan fingerprint density at radius 2 is 1.68 bits per heavy atom. The summed E-state index contributed by atoms with van der Waals surface area (Å²) in [6.07, 6.45) is 5.59. The molecular formula is C20H21N5. The van der Waals surface area contributed by atoms with E-state index in [1.165, 1.54) is 11.1 Å². The lowest BCUT2D eigenvalue weighted by Crippen LogP contribution is -2.25. The van der Waals surface area contributed by atoms with Gasteiger partial charge in [0.05, 0.1) is 34.5 Å². The van der Waals surface area contributed by atoms with Gasteiger partial charge >= 0.3 is 0 Å². The Hall–Kier alpha value is -2.95. The van der Waals surface area contributed by atoms with Crippen molar-refractivity contribution in [1.29, 1.82) is 0 Å². The van der Waals surface area contributed by atoms with Crippen molar-refractivity contribution in [3.63, 3.8) is 0 Å². The fraction of sp³-hybridized carbons (Fsp3) is 0.250. The molecule has 3 aromatic heterocycles. The van der Waals surface area contributed by atoms with Crippen LogP contribution in [0.1, 0.15) is 41.4 Å². The number of nitrogens with one attached hydrogen (secondary N) is 2. The number of hydrazone groups is 1. The predicted molar refractivity (Wildman–Crippen MR) is 99.4 cm³/mol. The van der Waals surface area contributed by atoms with E-state index in [2.05, 4.69) is 63.6 Å². The highest BCUT2D eigenvalue weighted by Crippen LogP contribution is 2.24. The topological polar surface area (TPSA) is 66.0 Å². The van der Waals surface area contributed by atoms with Gasteiger partial charge in [-0.25, -0.2) is 0 Å². The summed E-state index contributed by atoms with van der Waals surface area (Å²) < 4.78 is 0. The fourth-order valence-electron chi connectivity index (χ4n) is 3.11. The smallest absolute Gasteiger partial charge is 0.0867 e. The third-order valence-electron chi connectivity index (χ3n) is 4.51. The van der Waals surface area contributed by atoms with E-state index >= 15 is 0 Å². The van der Waals surface area contributed by atoms with Gasteiger partial charge in [-0.05, 0) is 74.2 Å². The number of aromatic nitrogens is 3. The first-order valence-corrected chi connectivity index (χ1v) is 8.56. The quantitative estimate of drug-likeness (QED) is 0.764. The minimum atomic E-state index is 0.177. The standard InChI is InChI=1S/C20H21N5/c1-13-7-9-21-19(11-13)16-4-3-15(23-16)17-5-6-18(25-24-17)20-12-14(2)8-10-22-20/h3-4,7-12,18,23,25H,5-6H2,1-2H3. The summed E-state index contributed by atoms with van der Waals surface area (Å²) >= 11 is 0. The Kier molecular flexibility index (Phi) is 4.06. The number of hydrogen-bond acceptors (Lipinski definition) is 4. The molecule has 25 heavy (non-hydrogen) atoms. The van der Waals surface area contributed by atoms with Crippen molar-refractivity contribution in [3.8, 4) is 11.4 Å². The zero-order chi connectivity index (χ0) is 17.2. The number of aromatic amines is 1. The molecule has 1 atom stereocenters. The molecule has 4 rings (SSSR count). The molecule has 4 heterocycles. The van der Waals surface area contributed by atoms with Crippen molar-refractivity contribution in [2.45, 2.75) is 32.7 Å². The van der Waals surface area contributed by atoms with Crippen molar-refractivity contribution in [1.82, 2.24) is 20.4 Å². The van der Waals surface area contributed by atoms with Gasteiger partial charge in [0.25, 0.3) is 0 Å². The van der Waals surface area contributed by atoms with Gasteiger partial charge in [-0.15, -0.1) is 0 Å². The monoisotopic (exact) mass is 331 g/mol. The largest absolute Gasteiger partial charge is 0.352 e. The molecule has 1 aliphatic heterocycles. The Morgan fingerprint density at radius 3 is 2.40 bits per heavy atom. The summed E-state index contributed by atoms with van der Waals surface area (Å²) in [6.45, 7) is 4.16. The number of rotatable bonds is 3. The van der Waals surface area contributed by atoms with Crippen LogP contribution in [0.5, 0.6) is 0 Å².